The van der Waals surface area contributed by atoms with Crippen LogP contribution in [0.15, 0.2) is 115 Å². The van der Waals surface area contributed by atoms with Crippen LogP contribution in [0.4, 0.5) is 0 Å². The van der Waals surface area contributed by atoms with E-state index in [1.54, 1.807) is 86.7 Å². The van der Waals surface area contributed by atoms with E-state index in [2.05, 4.69) is 105 Å². The minimum Gasteiger partial charge on any atom is -0.540 e. The minimum absolute atomic E-state index is 0. The predicted octanol–water partition coefficient (Wildman–Crippen LogP) is 8.85. The molecule has 0 saturated carbocycles. The van der Waals surface area contributed by atoms with Gasteiger partial charge in [-0.25, -0.2) is 19.9 Å². The number of hydrogen-bond donors (Lipinski definition) is 8. The molecule has 4 aromatic heterocycles. The third kappa shape index (κ3) is 46.1. The second-order valence-electron chi connectivity index (χ2n) is 21.0. The fraction of sp³-hybridized carbons (Fsp3) is 0.446. The van der Waals surface area contributed by atoms with Crippen molar-refractivity contribution in [2.45, 2.75) is 182 Å². The minimum atomic E-state index is -0.375. The van der Waals surface area contributed by atoms with Crippen molar-refractivity contribution in [3.8, 4) is 51.3 Å². The van der Waals surface area contributed by atoms with Gasteiger partial charge in [0.15, 0.2) is 0 Å². The third-order valence-electron chi connectivity index (χ3n) is 10.5. The van der Waals surface area contributed by atoms with Gasteiger partial charge in [0.2, 0.25) is 0 Å². The van der Waals surface area contributed by atoms with Gasteiger partial charge in [-0.05, 0) is 108 Å². The van der Waals surface area contributed by atoms with Gasteiger partial charge < -0.3 is 45.6 Å². The molecule has 91 heavy (non-hydrogen) atoms. The number of thioether (sulfide) groups is 1. The Hall–Kier alpha value is -4.65. The number of ether oxygens (including phenoxy) is 1. The zero-order valence-electron chi connectivity index (χ0n) is 54.4. The number of aromatic nitrogens is 12. The number of aliphatic hydroxyl groups excluding tert-OH is 8. The number of rotatable bonds is 14. The van der Waals surface area contributed by atoms with Crippen molar-refractivity contribution in [3.63, 3.8) is 0 Å². The Balaban J connectivity index is -0.000000484. The Kier molecular flexibility index (Phi) is 53.7. The normalized spacial score (nSPS) is 12.6. The molecule has 8 aromatic rings. The van der Waals surface area contributed by atoms with Gasteiger partial charge in [-0.15, -0.1) is 131 Å². The summed E-state index contributed by atoms with van der Waals surface area (Å²) in [6.07, 6.45) is 7.02. The molecule has 0 fully saturated rings. The van der Waals surface area contributed by atoms with Gasteiger partial charge in [0.25, 0.3) is 0 Å². The zero-order chi connectivity index (χ0) is 65.5. The van der Waals surface area contributed by atoms with Gasteiger partial charge in [0, 0.05) is 91.6 Å². The van der Waals surface area contributed by atoms with Crippen LogP contribution in [0.1, 0.15) is 125 Å². The van der Waals surface area contributed by atoms with Gasteiger partial charge in [-0.2, -0.15) is 11.8 Å². The summed E-state index contributed by atoms with van der Waals surface area (Å²) in [6.45, 7) is 25.0. The predicted molar refractivity (Wildman–Crippen MR) is 340 cm³/mol. The van der Waals surface area contributed by atoms with Crippen molar-refractivity contribution in [3.05, 3.63) is 158 Å². The molecule has 0 aliphatic carbocycles. The molecule has 0 bridgehead atoms. The molecule has 21 nitrogen and oxygen atoms in total. The molecule has 0 aliphatic heterocycles. The molecule has 8 rings (SSSR count). The first-order valence-electron chi connectivity index (χ1n) is 28.2. The fourth-order valence-electron chi connectivity index (χ4n) is 6.70. The quantitative estimate of drug-likeness (QED) is 0.0372. The van der Waals surface area contributed by atoms with E-state index in [0.29, 0.717) is 54.8 Å². The average molecular weight is 1980 g/mol. The molecular formula is C65H90Ir4N12O9S-4. The Bertz CT molecular complexity index is 2870. The third-order valence-corrected chi connectivity index (χ3v) is 11.2. The van der Waals surface area contributed by atoms with E-state index in [9.17, 15) is 0 Å². The maximum atomic E-state index is 8.56. The summed E-state index contributed by atoms with van der Waals surface area (Å²) in [5.41, 5.74) is 3.47. The maximum absolute atomic E-state index is 8.56. The van der Waals surface area contributed by atoms with E-state index >= 15 is 0 Å². The molecule has 4 heterocycles. The van der Waals surface area contributed by atoms with Gasteiger partial charge in [0.05, 0.1) is 79.2 Å². The van der Waals surface area contributed by atoms with Gasteiger partial charge in [0.1, 0.15) is 48.6 Å². The van der Waals surface area contributed by atoms with Crippen molar-refractivity contribution < 1.29 is 126 Å². The fourth-order valence-corrected chi connectivity index (χ4v) is 7.08. The van der Waals surface area contributed by atoms with Crippen LogP contribution in [0.5, 0.6) is 5.75 Å². The van der Waals surface area contributed by atoms with E-state index in [1.807, 2.05) is 106 Å². The summed E-state index contributed by atoms with van der Waals surface area (Å²) < 4.78 is 5.04. The standard InChI is InChI=1S/C13H14N3.C11H10N3O.C11H10N3S.C10H8N3.4C5H12O2.4Ir/c1-13(2,3)12-15-9-14-11(16-12)10-7-5-4-6-8-10;2*1-8-12-7-13-11(14-8)9-3-5-10(15-2)6-4-9;1-8-11-7-12-10(13-8)9-5-3-2-4-6-9;4*1-4(6)3-5(2)7;;;;/h4-7,9H,1-3H3;2*3,5-7H,1-2H3;2-5,7H,1H3;4*4-7H,3H2,1-2H3;;;;/q4*-1;;;;;;;;. The summed E-state index contributed by atoms with van der Waals surface area (Å²) in [7, 11) is 1.62. The number of hydrogen-bond acceptors (Lipinski definition) is 22. The smallest absolute Gasteiger partial charge is 0.127 e. The molecule has 0 aliphatic rings. The van der Waals surface area contributed by atoms with Gasteiger partial charge in [-0.1, -0.05) is 25.7 Å². The molecule has 0 amide bonds. The molecule has 8 unspecified atom stereocenters. The molecule has 8 atom stereocenters. The van der Waals surface area contributed by atoms with E-state index in [1.165, 1.54) is 23.9 Å². The maximum Gasteiger partial charge on any atom is 0.127 e. The number of methoxy groups -OCH3 is 1. The molecule has 0 spiro atoms. The molecule has 4 radical (unpaired) electrons. The largest absolute Gasteiger partial charge is 0.540 e. The Morgan fingerprint density at radius 1 is 0.407 bits per heavy atom. The van der Waals surface area contributed by atoms with Crippen LogP contribution < -0.4 is 4.74 Å². The van der Waals surface area contributed by atoms with E-state index in [-0.39, 0.29) is 135 Å². The Labute approximate surface area is 597 Å². The first-order valence-corrected chi connectivity index (χ1v) is 29.4. The summed E-state index contributed by atoms with van der Waals surface area (Å²) in [4.78, 5) is 50.7. The topological polar surface area (TPSA) is 326 Å². The zero-order valence-corrected chi connectivity index (χ0v) is 64.8. The van der Waals surface area contributed by atoms with E-state index < -0.39 is 0 Å². The van der Waals surface area contributed by atoms with Crippen LogP contribution in [0, 0.1) is 45.0 Å². The average Bonchev–Trinajstić information content (AvgIpc) is 2.51. The van der Waals surface area contributed by atoms with Crippen molar-refractivity contribution >= 4 is 11.8 Å². The van der Waals surface area contributed by atoms with Crippen molar-refractivity contribution in [1.82, 2.24) is 59.8 Å². The van der Waals surface area contributed by atoms with E-state index in [4.69, 9.17) is 45.6 Å². The van der Waals surface area contributed by atoms with Crippen molar-refractivity contribution in [2.24, 2.45) is 0 Å². The number of aliphatic hydroxyl groups is 8. The summed E-state index contributed by atoms with van der Waals surface area (Å²) in [6, 6.07) is 39.1. The molecule has 0 saturated heterocycles. The number of nitrogens with zero attached hydrogens (tertiary/aromatic N) is 12. The van der Waals surface area contributed by atoms with Gasteiger partial charge in [-0.3, -0.25) is 39.9 Å². The van der Waals surface area contributed by atoms with Crippen LogP contribution in [-0.2, 0) is 85.8 Å². The molecule has 8 N–H and O–H groups in total. The summed E-state index contributed by atoms with van der Waals surface area (Å²) in [5, 5.41) is 68.5. The second-order valence-corrected chi connectivity index (χ2v) is 21.9. The summed E-state index contributed by atoms with van der Waals surface area (Å²) >= 11 is 1.69. The van der Waals surface area contributed by atoms with Crippen LogP contribution in [0.3, 0.4) is 0 Å². The van der Waals surface area contributed by atoms with E-state index in [0.717, 1.165) is 45.5 Å². The Morgan fingerprint density at radius 3 is 0.945 bits per heavy atom. The van der Waals surface area contributed by atoms with Crippen LogP contribution in [-0.4, -0.2) is 163 Å². The first-order chi connectivity index (χ1) is 41.0. The molecule has 510 valence electrons. The van der Waals surface area contributed by atoms with Crippen LogP contribution in [0.2, 0.25) is 0 Å². The number of benzene rings is 4. The second kappa shape index (κ2) is 52.7. The monoisotopic (exact) mass is 1990 g/mol. The Morgan fingerprint density at radius 2 is 0.714 bits per heavy atom. The van der Waals surface area contributed by atoms with Crippen molar-refractivity contribution in [1.29, 1.82) is 0 Å². The van der Waals surface area contributed by atoms with Crippen LogP contribution >= 0.6 is 11.8 Å². The molecular weight excluding hydrogens is 1890 g/mol. The first kappa shape index (κ1) is 92.8. The molecule has 26 heteroatoms. The number of aryl methyl sites for hydroxylation is 3. The van der Waals surface area contributed by atoms with Gasteiger partial charge >= 0.3 is 0 Å². The summed E-state index contributed by atoms with van der Waals surface area (Å²) in [5.74, 6) is 6.38. The molecule has 4 aromatic carbocycles. The van der Waals surface area contributed by atoms with Crippen LogP contribution in [0.25, 0.3) is 45.6 Å². The SMILES string of the molecule is CC(C)(C)c1ncnc(-c2[c-]cccc2)n1.CC(O)CC(C)O.CC(O)CC(C)O.CC(O)CC(C)O.CC(O)CC(C)O.COc1c[c-]c(-c2ncnc(C)n2)cc1.CSc1c[c-]c(-c2ncnc(C)n2)cc1.Cc1ncnc(-c2[c-]cccc2)n1.[Ir].[Ir].[Ir].[Ir]. The van der Waals surface area contributed by atoms with Crippen molar-refractivity contribution in [2.75, 3.05) is 13.4 Å².